The average Bonchev–Trinajstić information content (AvgIpc) is 3.88. The van der Waals surface area contributed by atoms with Gasteiger partial charge in [0.05, 0.1) is 78.7 Å². The van der Waals surface area contributed by atoms with Crippen LogP contribution in [0.1, 0.15) is 112 Å². The molecule has 67 heavy (non-hydrogen) atoms. The van der Waals surface area contributed by atoms with Crippen molar-refractivity contribution in [1.29, 1.82) is 0 Å². The van der Waals surface area contributed by atoms with Gasteiger partial charge in [0, 0.05) is 27.3 Å². The number of ether oxygens (including phenoxy) is 4. The number of H-pyrrole nitrogens is 1. The predicted octanol–water partition coefficient (Wildman–Crippen LogP) is 7.00. The first-order chi connectivity index (χ1) is 32.4. The van der Waals surface area contributed by atoms with E-state index in [0.717, 1.165) is 84.0 Å². The molecular formula is C49H62FN9O8. The van der Waals surface area contributed by atoms with Gasteiger partial charge in [-0.2, -0.15) is 0 Å². The smallest absolute Gasteiger partial charge is 0.407 e. The first-order valence-corrected chi connectivity index (χ1v) is 23.5. The number of halogens is 1. The van der Waals surface area contributed by atoms with Crippen molar-refractivity contribution in [2.75, 3.05) is 57.1 Å². The third kappa shape index (κ3) is 9.04. The summed E-state index contributed by atoms with van der Waals surface area (Å²) in [5, 5.41) is 12.6. The van der Waals surface area contributed by atoms with E-state index in [2.05, 4.69) is 67.5 Å². The molecule has 0 spiro atoms. The molecule has 1 aliphatic carbocycles. The van der Waals surface area contributed by atoms with E-state index < -0.39 is 36.5 Å². The molecule has 358 valence electrons. The molecule has 17 nitrogen and oxygen atoms in total. The molecule has 9 atom stereocenters. The maximum atomic E-state index is 16.6. The van der Waals surface area contributed by atoms with E-state index in [1.54, 1.807) is 24.8 Å². The lowest BCUT2D eigenvalue weighted by Gasteiger charge is -2.34. The van der Waals surface area contributed by atoms with Gasteiger partial charge >= 0.3 is 12.2 Å². The molecule has 1 saturated carbocycles. The Morgan fingerprint density at radius 2 is 1.28 bits per heavy atom. The van der Waals surface area contributed by atoms with Crippen LogP contribution in [0.5, 0.6) is 0 Å². The highest BCUT2D eigenvalue weighted by Gasteiger charge is 2.44. The number of imidazole rings is 1. The van der Waals surface area contributed by atoms with Gasteiger partial charge in [0.2, 0.25) is 11.8 Å². The number of nitrogens with zero attached hydrogens (tertiary/aromatic N) is 4. The molecule has 4 fully saturated rings. The number of aromatic nitrogens is 2. The Balaban J connectivity index is 0.977. The highest BCUT2D eigenvalue weighted by atomic mass is 19.1. The maximum absolute atomic E-state index is 16.6. The molecule has 5 aliphatic rings. The molecule has 18 heteroatoms. The lowest BCUT2D eigenvalue weighted by Crippen LogP contribution is -2.57. The summed E-state index contributed by atoms with van der Waals surface area (Å²) in [5.74, 6) is 0.313. The van der Waals surface area contributed by atoms with Gasteiger partial charge in [0.1, 0.15) is 29.9 Å². The molecule has 3 aromatic carbocycles. The van der Waals surface area contributed by atoms with Gasteiger partial charge in [0.15, 0.2) is 0 Å². The zero-order chi connectivity index (χ0) is 47.1. The lowest BCUT2D eigenvalue weighted by atomic mass is 10.0. The number of alkyl carbamates (subject to hydrolysis) is 2. The van der Waals surface area contributed by atoms with Crippen LogP contribution in [0.2, 0.25) is 0 Å². The Morgan fingerprint density at radius 3 is 1.93 bits per heavy atom. The number of carbonyl (C=O) groups excluding carboxylic acids is 4. The van der Waals surface area contributed by atoms with Gasteiger partial charge in [-0.15, -0.1) is 0 Å². The van der Waals surface area contributed by atoms with Crippen LogP contribution in [0, 0.1) is 5.82 Å². The second kappa shape index (κ2) is 19.2. The fourth-order valence-electron chi connectivity index (χ4n) is 10.7. The van der Waals surface area contributed by atoms with E-state index in [1.807, 2.05) is 17.0 Å². The lowest BCUT2D eigenvalue weighted by molar-refractivity contribution is -0.138. The minimum Gasteiger partial charge on any atom is -0.453 e. The van der Waals surface area contributed by atoms with Gasteiger partial charge in [0.25, 0.3) is 0 Å². The van der Waals surface area contributed by atoms with Gasteiger partial charge < -0.3 is 59.9 Å². The molecular weight excluding hydrogens is 862 g/mol. The average molecular weight is 924 g/mol. The highest BCUT2D eigenvalue weighted by Crippen LogP contribution is 2.50. The third-order valence-electron chi connectivity index (χ3n) is 14.6. The maximum Gasteiger partial charge on any atom is 0.407 e. The predicted molar refractivity (Wildman–Crippen MR) is 249 cm³/mol. The van der Waals surface area contributed by atoms with E-state index in [1.165, 1.54) is 28.4 Å². The Kier molecular flexibility index (Phi) is 13.2. The van der Waals surface area contributed by atoms with Crippen molar-refractivity contribution in [2.24, 2.45) is 0 Å². The quantitative estimate of drug-likeness (QED) is 0.0872. The largest absolute Gasteiger partial charge is 0.453 e. The summed E-state index contributed by atoms with van der Waals surface area (Å²) in [6.07, 6.45) is 3.86. The number of anilines is 3. The van der Waals surface area contributed by atoms with Crippen LogP contribution in [0.15, 0.2) is 54.6 Å². The fraction of sp³-hybridized carbons (Fsp3) is 0.531. The number of amides is 4. The molecule has 4 aliphatic heterocycles. The number of rotatable bonds is 14. The van der Waals surface area contributed by atoms with Crippen LogP contribution in [0.4, 0.5) is 31.0 Å². The SMILES string of the molecule is COC(=O)N[C@H](C(=O)N1CCC[C@H]1c1nc2cc([C@@H]3CC[C@@H](c4ccc5c(c4)NC([C@@H]4CCCN4C(=O)[C@@H](NC(=O)OC)[C@@H](C)OC)N5)N3c3ccc(C4CC4)cc3F)ccc2[nH]1)[C@@H](C)OC. The molecule has 3 saturated heterocycles. The zero-order valence-electron chi connectivity index (χ0n) is 39.0. The number of fused-ring (bicyclic) bond motifs is 2. The van der Waals surface area contributed by atoms with Crippen molar-refractivity contribution in [3.05, 3.63) is 82.9 Å². The summed E-state index contributed by atoms with van der Waals surface area (Å²) in [4.78, 5) is 66.7. The second-order valence-electron chi connectivity index (χ2n) is 18.5. The minimum absolute atomic E-state index is 0.160. The summed E-state index contributed by atoms with van der Waals surface area (Å²) in [7, 11) is 5.52. The molecule has 1 aromatic heterocycles. The zero-order valence-corrected chi connectivity index (χ0v) is 39.0. The molecule has 4 aromatic rings. The van der Waals surface area contributed by atoms with Gasteiger partial charge in [-0.05, 0) is 124 Å². The summed E-state index contributed by atoms with van der Waals surface area (Å²) >= 11 is 0. The highest BCUT2D eigenvalue weighted by molar-refractivity contribution is 5.88. The van der Waals surface area contributed by atoms with Crippen molar-refractivity contribution < 1.29 is 42.5 Å². The molecule has 1 unspecified atom stereocenters. The number of methoxy groups -OCH3 is 4. The Labute approximate surface area is 389 Å². The monoisotopic (exact) mass is 923 g/mol. The van der Waals surface area contributed by atoms with Crippen LogP contribution in [-0.4, -0.2) is 122 Å². The van der Waals surface area contributed by atoms with Crippen molar-refractivity contribution in [1.82, 2.24) is 30.4 Å². The molecule has 9 rings (SSSR count). The van der Waals surface area contributed by atoms with Crippen LogP contribution in [0.3, 0.4) is 0 Å². The summed E-state index contributed by atoms with van der Waals surface area (Å²) in [6.45, 7) is 4.52. The van der Waals surface area contributed by atoms with Crippen molar-refractivity contribution in [2.45, 2.75) is 126 Å². The Hall–Kier alpha value is -6.14. The molecule has 5 heterocycles. The number of nitrogens with one attached hydrogen (secondary N) is 5. The summed E-state index contributed by atoms with van der Waals surface area (Å²) in [5.41, 5.74) is 7.00. The van der Waals surface area contributed by atoms with E-state index in [9.17, 15) is 19.2 Å². The number of likely N-dealkylation sites (tertiary alicyclic amines) is 2. The van der Waals surface area contributed by atoms with E-state index in [4.69, 9.17) is 23.9 Å². The van der Waals surface area contributed by atoms with E-state index in [-0.39, 0.29) is 48.0 Å². The third-order valence-corrected chi connectivity index (χ3v) is 14.6. The number of hydrogen-bond donors (Lipinski definition) is 5. The van der Waals surface area contributed by atoms with E-state index >= 15 is 4.39 Å². The van der Waals surface area contributed by atoms with E-state index in [0.29, 0.717) is 36.9 Å². The molecule has 4 amide bonds. The van der Waals surface area contributed by atoms with Crippen LogP contribution >= 0.6 is 0 Å². The summed E-state index contributed by atoms with van der Waals surface area (Å²) < 4.78 is 37.1. The molecule has 0 radical (unpaired) electrons. The van der Waals surface area contributed by atoms with Crippen molar-refractivity contribution in [3.8, 4) is 0 Å². The number of benzene rings is 3. The normalized spacial score (nSPS) is 24.1. The van der Waals surface area contributed by atoms with Gasteiger partial charge in [-0.3, -0.25) is 9.59 Å². The number of carbonyl (C=O) groups is 4. The van der Waals surface area contributed by atoms with Crippen LogP contribution < -0.4 is 26.2 Å². The number of hydrogen-bond acceptors (Lipinski definition) is 12. The minimum atomic E-state index is -0.942. The first kappa shape index (κ1) is 46.0. The molecule has 5 N–H and O–H groups in total. The Morgan fingerprint density at radius 1 is 0.687 bits per heavy atom. The first-order valence-electron chi connectivity index (χ1n) is 23.5. The van der Waals surface area contributed by atoms with Gasteiger partial charge in [-0.1, -0.05) is 18.2 Å². The van der Waals surface area contributed by atoms with Crippen LogP contribution in [-0.2, 0) is 28.5 Å². The molecule has 0 bridgehead atoms. The standard InChI is InChI=1S/C49H62FN9O8/c1-26(64-3)42(55-48(62)66-5)46(60)57-21-7-9-40(57)44-51-33-16-13-30(24-35(33)53-44)37-19-20-38(59(37)39-18-15-29(23-32(39)50)28-11-12-28)31-14-17-34-36(25-31)54-45(52-34)41-10-8-22-58(41)47(61)43(27(2)65-4)56-49(63)67-6/h13-18,23-28,37-38,40-44,51,53H,7-12,19-22H2,1-6H3,(H,52,54)(H,55,62)(H,56,63)/t26-,27-,37+,38+,40+,41+,42+,43+,44?/m1/s1. The number of aromatic amines is 1. The van der Waals surface area contributed by atoms with Crippen molar-refractivity contribution >= 4 is 52.1 Å². The Bertz CT molecular complexity index is 2500. The second-order valence-corrected chi connectivity index (χ2v) is 18.5. The van der Waals surface area contributed by atoms with Crippen LogP contribution in [0.25, 0.3) is 11.0 Å². The summed E-state index contributed by atoms with van der Waals surface area (Å²) in [6, 6.07) is 15.5. The van der Waals surface area contributed by atoms with Crippen molar-refractivity contribution in [3.63, 3.8) is 0 Å². The fourth-order valence-corrected chi connectivity index (χ4v) is 10.7. The van der Waals surface area contributed by atoms with Gasteiger partial charge in [-0.25, -0.2) is 19.0 Å². The topological polar surface area (TPSA) is 192 Å².